The molecule has 0 amide bonds. The van der Waals surface area contributed by atoms with Crippen molar-refractivity contribution in [2.75, 3.05) is 23.3 Å². The van der Waals surface area contributed by atoms with E-state index in [-0.39, 0.29) is 0 Å². The van der Waals surface area contributed by atoms with Crippen molar-refractivity contribution in [2.24, 2.45) is 0 Å². The predicted octanol–water partition coefficient (Wildman–Crippen LogP) is 3.24. The van der Waals surface area contributed by atoms with Gasteiger partial charge in [0.1, 0.15) is 5.52 Å². The highest BCUT2D eigenvalue weighted by Crippen LogP contribution is 2.31. The van der Waals surface area contributed by atoms with Gasteiger partial charge in [0.2, 0.25) is 0 Å². The monoisotopic (exact) mass is 276 g/mol. The Kier molecular flexibility index (Phi) is 3.35. The number of fused-ring (bicyclic) bond motifs is 3. The minimum atomic E-state index is 0.476. The molecule has 1 aromatic carbocycles. The number of anilines is 2. The number of hydrogen-bond acceptors (Lipinski definition) is 3. The molecule has 0 fully saturated rings. The summed E-state index contributed by atoms with van der Waals surface area (Å²) in [5, 5.41) is 4.92. The third-order valence-corrected chi connectivity index (χ3v) is 4.83. The number of aromatic nitrogens is 1. The van der Waals surface area contributed by atoms with E-state index in [1.54, 1.807) is 0 Å². The number of aryl methyl sites for hydroxylation is 1. The second-order valence-electron chi connectivity index (χ2n) is 5.45. The Labute approximate surface area is 118 Å². The average Bonchev–Trinajstić information content (AvgIpc) is 2.76. The molecule has 4 heteroatoms. The summed E-state index contributed by atoms with van der Waals surface area (Å²) in [6.45, 7) is 10.0. The summed E-state index contributed by atoms with van der Waals surface area (Å²) < 4.78 is 3.88. The average molecular weight is 276 g/mol. The van der Waals surface area contributed by atoms with Gasteiger partial charge in [0.05, 0.1) is 24.3 Å². The molecule has 0 radical (unpaired) electrons. The molecule has 0 bridgehead atoms. The molecule has 3 nitrogen and oxygen atoms in total. The zero-order valence-electron chi connectivity index (χ0n) is 11.9. The van der Waals surface area contributed by atoms with Crippen molar-refractivity contribution < 1.29 is 4.57 Å². The molecule has 1 N–H and O–H groups in total. The van der Waals surface area contributed by atoms with Crippen LogP contribution in [0.2, 0.25) is 0 Å². The fraction of sp³-hybridized carbons (Fsp3) is 0.533. The van der Waals surface area contributed by atoms with Crippen LogP contribution in [0.5, 0.6) is 0 Å². The molecule has 1 aliphatic rings. The summed E-state index contributed by atoms with van der Waals surface area (Å²) in [6.07, 6.45) is 1.25. The zero-order valence-corrected chi connectivity index (χ0v) is 12.8. The van der Waals surface area contributed by atoms with Crippen molar-refractivity contribution in [1.82, 2.24) is 0 Å². The number of nitrogens with one attached hydrogen (secondary N) is 1. The van der Waals surface area contributed by atoms with E-state index in [4.69, 9.17) is 0 Å². The van der Waals surface area contributed by atoms with Crippen molar-refractivity contribution in [3.63, 3.8) is 0 Å². The maximum Gasteiger partial charge on any atom is 0.337 e. The largest absolute Gasteiger partial charge is 0.383 e. The Morgan fingerprint density at radius 3 is 3.00 bits per heavy atom. The third kappa shape index (κ3) is 2.29. The van der Waals surface area contributed by atoms with E-state index in [2.05, 4.69) is 53.8 Å². The topological polar surface area (TPSA) is 19.1 Å². The number of thiazole rings is 1. The van der Waals surface area contributed by atoms with Crippen LogP contribution < -0.4 is 14.8 Å². The van der Waals surface area contributed by atoms with Crippen LogP contribution in [0.15, 0.2) is 18.2 Å². The van der Waals surface area contributed by atoms with E-state index >= 15 is 0 Å². The molecule has 0 saturated carbocycles. The zero-order chi connectivity index (χ0) is 13.4. The summed E-state index contributed by atoms with van der Waals surface area (Å²) in [6, 6.07) is 7.23. The molecule has 1 aliphatic heterocycles. The van der Waals surface area contributed by atoms with Gasteiger partial charge in [-0.1, -0.05) is 0 Å². The quantitative estimate of drug-likeness (QED) is 0.868. The summed E-state index contributed by atoms with van der Waals surface area (Å²) in [4.78, 5) is 2.49. The Bertz CT molecular complexity index is 588. The van der Waals surface area contributed by atoms with Gasteiger partial charge in [0, 0.05) is 24.2 Å². The maximum absolute atomic E-state index is 3.50. The van der Waals surface area contributed by atoms with Crippen LogP contribution in [0.1, 0.15) is 27.2 Å². The summed E-state index contributed by atoms with van der Waals surface area (Å²) in [5.74, 6) is 0. The molecule has 3 rings (SSSR count). The van der Waals surface area contributed by atoms with E-state index in [0.29, 0.717) is 6.04 Å². The van der Waals surface area contributed by atoms with Crippen LogP contribution >= 0.6 is 11.3 Å². The Hall–Kier alpha value is -1.29. The van der Waals surface area contributed by atoms with Crippen molar-refractivity contribution in [3.05, 3.63) is 18.2 Å². The van der Waals surface area contributed by atoms with E-state index in [1.165, 1.54) is 34.0 Å². The van der Waals surface area contributed by atoms with Crippen LogP contribution in [-0.4, -0.2) is 19.1 Å². The van der Waals surface area contributed by atoms with Crippen molar-refractivity contribution >= 4 is 32.4 Å². The molecular formula is C15H22N3S+. The van der Waals surface area contributed by atoms with Gasteiger partial charge in [0.25, 0.3) is 0 Å². The van der Waals surface area contributed by atoms with Crippen LogP contribution in [0.25, 0.3) is 10.2 Å². The van der Waals surface area contributed by atoms with Gasteiger partial charge in [0.15, 0.2) is 0 Å². The number of benzene rings is 1. The van der Waals surface area contributed by atoms with Crippen LogP contribution in [0.4, 0.5) is 10.8 Å². The van der Waals surface area contributed by atoms with E-state index in [9.17, 15) is 0 Å². The van der Waals surface area contributed by atoms with Crippen LogP contribution in [-0.2, 0) is 6.54 Å². The Morgan fingerprint density at radius 2 is 2.26 bits per heavy atom. The van der Waals surface area contributed by atoms with E-state index in [0.717, 1.165) is 13.1 Å². The van der Waals surface area contributed by atoms with Gasteiger partial charge in [-0.05, 0) is 44.2 Å². The van der Waals surface area contributed by atoms with Gasteiger partial charge >= 0.3 is 5.13 Å². The lowest BCUT2D eigenvalue weighted by Crippen LogP contribution is -2.46. The minimum Gasteiger partial charge on any atom is -0.383 e. The van der Waals surface area contributed by atoms with Crippen LogP contribution in [0, 0.1) is 0 Å². The molecule has 0 unspecified atom stereocenters. The predicted molar refractivity (Wildman–Crippen MR) is 83.3 cm³/mol. The van der Waals surface area contributed by atoms with Crippen molar-refractivity contribution in [1.29, 1.82) is 0 Å². The van der Waals surface area contributed by atoms with E-state index < -0.39 is 0 Å². The first-order chi connectivity index (χ1) is 9.19. The smallest absolute Gasteiger partial charge is 0.337 e. The first-order valence-electron chi connectivity index (χ1n) is 7.17. The maximum atomic E-state index is 3.50. The molecule has 1 aromatic heterocycles. The molecule has 19 heavy (non-hydrogen) atoms. The minimum absolute atomic E-state index is 0.476. The molecule has 2 heterocycles. The fourth-order valence-electron chi connectivity index (χ4n) is 2.75. The molecule has 2 aromatic rings. The summed E-state index contributed by atoms with van der Waals surface area (Å²) in [7, 11) is 0. The lowest BCUT2D eigenvalue weighted by atomic mass is 10.2. The number of nitrogens with zero attached hydrogens (tertiary/aromatic N) is 2. The fourth-order valence-corrected chi connectivity index (χ4v) is 4.01. The molecular weight excluding hydrogens is 254 g/mol. The Morgan fingerprint density at radius 1 is 1.42 bits per heavy atom. The summed E-state index contributed by atoms with van der Waals surface area (Å²) in [5.41, 5.74) is 2.60. The second-order valence-corrected chi connectivity index (χ2v) is 6.46. The number of rotatable bonds is 3. The highest BCUT2D eigenvalue weighted by molar-refractivity contribution is 7.21. The molecule has 0 spiro atoms. The lowest BCUT2D eigenvalue weighted by molar-refractivity contribution is -0.659. The highest BCUT2D eigenvalue weighted by Gasteiger charge is 2.28. The SMILES string of the molecule is CCN1CCC[n+]2c1sc1ccc(NC(C)C)cc12. The Balaban J connectivity index is 2.07. The van der Waals surface area contributed by atoms with Gasteiger partial charge in [-0.25, -0.2) is 4.57 Å². The van der Waals surface area contributed by atoms with Gasteiger partial charge < -0.3 is 5.32 Å². The summed E-state index contributed by atoms with van der Waals surface area (Å²) >= 11 is 1.92. The standard InChI is InChI=1S/C15H22N3S/c1-4-17-8-5-9-18-13-10-12(16-11(2)3)6-7-14(13)19-15(17)18/h6-7,10-11,16H,4-5,8-9H2,1-3H3/q+1. The second kappa shape index (κ2) is 5.00. The molecule has 0 saturated heterocycles. The van der Waals surface area contributed by atoms with Crippen LogP contribution in [0.3, 0.4) is 0 Å². The molecule has 0 atom stereocenters. The highest BCUT2D eigenvalue weighted by atomic mass is 32.1. The molecule has 0 aliphatic carbocycles. The van der Waals surface area contributed by atoms with E-state index in [1.807, 2.05) is 11.3 Å². The van der Waals surface area contributed by atoms with Gasteiger partial charge in [-0.2, -0.15) is 0 Å². The molecule has 102 valence electrons. The van der Waals surface area contributed by atoms with Crippen molar-refractivity contribution in [2.45, 2.75) is 39.8 Å². The third-order valence-electron chi connectivity index (χ3n) is 3.60. The van der Waals surface area contributed by atoms with Gasteiger partial charge in [-0.3, -0.25) is 4.90 Å². The van der Waals surface area contributed by atoms with Crippen molar-refractivity contribution in [3.8, 4) is 0 Å². The first kappa shape index (κ1) is 12.7. The number of hydrogen-bond donors (Lipinski definition) is 1. The lowest BCUT2D eigenvalue weighted by Gasteiger charge is -2.19. The first-order valence-corrected chi connectivity index (χ1v) is 7.98. The normalized spacial score (nSPS) is 15.1. The van der Waals surface area contributed by atoms with Gasteiger partial charge in [-0.15, -0.1) is 0 Å².